The fourth-order valence-electron chi connectivity index (χ4n) is 2.20. The molecule has 126 valence electrons. The fraction of sp³-hybridized carbons (Fsp3) is 0.278. The second-order valence-corrected chi connectivity index (χ2v) is 10.7. The fourth-order valence-corrected chi connectivity index (χ4v) is 5.23. The van der Waals surface area contributed by atoms with Gasteiger partial charge in [-0.1, -0.05) is 28.1 Å². The highest BCUT2D eigenvalue weighted by Gasteiger charge is 2.25. The van der Waals surface area contributed by atoms with Crippen LogP contribution in [0.5, 0.6) is 0 Å². The molecule has 0 unspecified atom stereocenters. The van der Waals surface area contributed by atoms with Gasteiger partial charge in [0.15, 0.2) is 0 Å². The maximum atomic E-state index is 11.9. The second kappa shape index (κ2) is 7.52. The number of carbonyl (C=O) groups is 1. The van der Waals surface area contributed by atoms with Crippen molar-refractivity contribution in [2.24, 2.45) is 0 Å². The molecular weight excluding hydrogens is 424 g/mol. The summed E-state index contributed by atoms with van der Waals surface area (Å²) < 4.78 is 4.77. The minimum absolute atomic E-state index is 0.228. The molecule has 24 heavy (non-hydrogen) atoms. The lowest BCUT2D eigenvalue weighted by Gasteiger charge is -2.14. The number of ether oxygens (including phenoxy) is 1. The average Bonchev–Trinajstić information content (AvgIpc) is 3.26. The largest absolute Gasteiger partial charge is 0.464 e. The molecule has 0 atom stereocenters. The highest BCUT2D eigenvalue weighted by molar-refractivity contribution is 9.10. The lowest BCUT2D eigenvalue weighted by Crippen LogP contribution is -2.27. The van der Waals surface area contributed by atoms with Crippen LogP contribution in [0.15, 0.2) is 41.1 Å². The molecule has 2 nitrogen and oxygen atoms in total. The van der Waals surface area contributed by atoms with Gasteiger partial charge in [-0.2, -0.15) is 0 Å². The van der Waals surface area contributed by atoms with Gasteiger partial charge in [-0.15, -0.1) is 34.0 Å². The third-order valence-corrected chi connectivity index (χ3v) is 7.02. The van der Waals surface area contributed by atoms with Crippen molar-refractivity contribution in [1.29, 1.82) is 0 Å². The van der Waals surface area contributed by atoms with Crippen LogP contribution in [-0.4, -0.2) is 16.9 Å². The SMILES string of the molecule is CC(C)(Br)C(=O)OCCc1cc(-c2cccs2)sc1-c1cccs1. The van der Waals surface area contributed by atoms with Gasteiger partial charge in [0.25, 0.3) is 0 Å². The highest BCUT2D eigenvalue weighted by atomic mass is 79.9. The molecule has 0 aliphatic carbocycles. The van der Waals surface area contributed by atoms with Gasteiger partial charge < -0.3 is 4.74 Å². The van der Waals surface area contributed by atoms with E-state index in [1.165, 1.54) is 25.1 Å². The summed E-state index contributed by atoms with van der Waals surface area (Å²) in [5.41, 5.74) is 1.24. The first-order valence-electron chi connectivity index (χ1n) is 7.52. The van der Waals surface area contributed by atoms with Crippen LogP contribution in [0.4, 0.5) is 0 Å². The zero-order valence-corrected chi connectivity index (χ0v) is 17.4. The Hall–Kier alpha value is -0.950. The number of rotatable bonds is 6. The predicted octanol–water partition coefficient (Wildman–Crippen LogP) is 6.46. The Balaban J connectivity index is 1.80. The van der Waals surface area contributed by atoms with E-state index in [0.717, 1.165) is 6.42 Å². The van der Waals surface area contributed by atoms with Crippen LogP contribution in [0.3, 0.4) is 0 Å². The summed E-state index contributed by atoms with van der Waals surface area (Å²) in [6.07, 6.45) is 0.726. The van der Waals surface area contributed by atoms with Gasteiger partial charge in [0, 0.05) is 25.9 Å². The van der Waals surface area contributed by atoms with Crippen LogP contribution in [0.25, 0.3) is 19.5 Å². The van der Waals surface area contributed by atoms with Crippen LogP contribution >= 0.6 is 49.9 Å². The number of halogens is 1. The molecule has 0 aromatic carbocycles. The molecule has 0 fully saturated rings. The lowest BCUT2D eigenvalue weighted by atomic mass is 10.1. The minimum atomic E-state index is -0.639. The monoisotopic (exact) mass is 440 g/mol. The molecule has 0 aliphatic heterocycles. The van der Waals surface area contributed by atoms with Gasteiger partial charge in [0.05, 0.1) is 6.61 Å². The number of hydrogen-bond donors (Lipinski definition) is 0. The van der Waals surface area contributed by atoms with Gasteiger partial charge in [-0.05, 0) is 48.4 Å². The van der Waals surface area contributed by atoms with Gasteiger partial charge in [-0.25, -0.2) is 0 Å². The summed E-state index contributed by atoms with van der Waals surface area (Å²) >= 11 is 8.64. The molecule has 0 N–H and O–H groups in total. The van der Waals surface area contributed by atoms with Gasteiger partial charge >= 0.3 is 5.97 Å². The van der Waals surface area contributed by atoms with Crippen molar-refractivity contribution >= 4 is 55.9 Å². The van der Waals surface area contributed by atoms with Gasteiger partial charge in [-0.3, -0.25) is 4.79 Å². The second-order valence-electron chi connectivity index (χ2n) is 5.78. The van der Waals surface area contributed by atoms with E-state index in [0.29, 0.717) is 6.61 Å². The van der Waals surface area contributed by atoms with E-state index in [1.807, 2.05) is 11.3 Å². The van der Waals surface area contributed by atoms with Crippen molar-refractivity contribution in [3.05, 3.63) is 46.7 Å². The summed E-state index contributed by atoms with van der Waals surface area (Å²) in [7, 11) is 0. The van der Waals surface area contributed by atoms with Crippen LogP contribution in [-0.2, 0) is 16.0 Å². The first-order valence-corrected chi connectivity index (χ1v) is 10.9. The standard InChI is InChI=1S/C18H17BrO2S3/c1-18(2,19)17(20)21-8-7-12-11-15(13-5-3-9-22-13)24-16(12)14-6-4-10-23-14/h3-6,9-11H,7-8H2,1-2H3. The Morgan fingerprint density at radius 2 is 1.79 bits per heavy atom. The molecule has 0 saturated carbocycles. The highest BCUT2D eigenvalue weighted by Crippen LogP contribution is 2.41. The smallest absolute Gasteiger partial charge is 0.322 e. The third kappa shape index (κ3) is 4.17. The zero-order valence-electron chi connectivity index (χ0n) is 13.4. The molecule has 0 radical (unpaired) electrons. The van der Waals surface area contributed by atoms with Crippen molar-refractivity contribution in [2.75, 3.05) is 6.61 Å². The summed E-state index contributed by atoms with van der Waals surface area (Å²) in [5, 5.41) is 4.19. The van der Waals surface area contributed by atoms with E-state index in [-0.39, 0.29) is 5.97 Å². The molecular formula is C18H17BrO2S3. The van der Waals surface area contributed by atoms with Crippen LogP contribution in [0, 0.1) is 0 Å². The Bertz CT molecular complexity index is 796. The van der Waals surface area contributed by atoms with Crippen molar-refractivity contribution in [3.8, 4) is 19.5 Å². The van der Waals surface area contributed by atoms with Crippen LogP contribution in [0.1, 0.15) is 19.4 Å². The summed E-state index contributed by atoms with van der Waals surface area (Å²) in [4.78, 5) is 17.0. The number of carbonyl (C=O) groups excluding carboxylic acids is 1. The van der Waals surface area contributed by atoms with E-state index in [1.54, 1.807) is 36.5 Å². The van der Waals surface area contributed by atoms with Crippen LogP contribution < -0.4 is 0 Å². The first kappa shape index (κ1) is 17.9. The number of hydrogen-bond acceptors (Lipinski definition) is 5. The Morgan fingerprint density at radius 1 is 1.12 bits per heavy atom. The molecule has 0 saturated heterocycles. The third-order valence-electron chi connectivity index (χ3n) is 3.41. The number of alkyl halides is 1. The Labute approximate surface area is 162 Å². The van der Waals surface area contributed by atoms with Crippen molar-refractivity contribution in [2.45, 2.75) is 24.6 Å². The van der Waals surface area contributed by atoms with Crippen molar-refractivity contribution in [3.63, 3.8) is 0 Å². The summed E-state index contributed by atoms with van der Waals surface area (Å²) in [6, 6.07) is 10.7. The van der Waals surface area contributed by atoms with E-state index in [4.69, 9.17) is 4.74 Å². The summed E-state index contributed by atoms with van der Waals surface area (Å²) in [6.45, 7) is 3.99. The van der Waals surface area contributed by atoms with Crippen LogP contribution in [0.2, 0.25) is 0 Å². The van der Waals surface area contributed by atoms with Crippen molar-refractivity contribution < 1.29 is 9.53 Å². The Kier molecular flexibility index (Phi) is 5.59. The predicted molar refractivity (Wildman–Crippen MR) is 109 cm³/mol. The first-order chi connectivity index (χ1) is 11.4. The molecule has 0 amide bonds. The van der Waals surface area contributed by atoms with Gasteiger partial charge in [0.2, 0.25) is 0 Å². The average molecular weight is 441 g/mol. The number of esters is 1. The lowest BCUT2D eigenvalue weighted by molar-refractivity contribution is -0.145. The van der Waals surface area contributed by atoms with E-state index in [9.17, 15) is 4.79 Å². The molecule has 3 aromatic rings. The molecule has 3 heterocycles. The molecule has 3 rings (SSSR count). The minimum Gasteiger partial charge on any atom is -0.464 e. The quantitative estimate of drug-likeness (QED) is 0.324. The molecule has 0 spiro atoms. The molecule has 0 aliphatic rings. The Morgan fingerprint density at radius 3 is 2.38 bits per heavy atom. The molecule has 3 aromatic heterocycles. The van der Waals surface area contributed by atoms with E-state index in [2.05, 4.69) is 57.0 Å². The van der Waals surface area contributed by atoms with E-state index < -0.39 is 4.32 Å². The van der Waals surface area contributed by atoms with Crippen molar-refractivity contribution in [1.82, 2.24) is 0 Å². The maximum Gasteiger partial charge on any atom is 0.322 e. The summed E-state index contributed by atoms with van der Waals surface area (Å²) in [5.74, 6) is -0.228. The topological polar surface area (TPSA) is 26.3 Å². The van der Waals surface area contributed by atoms with E-state index >= 15 is 0 Å². The zero-order chi connectivity index (χ0) is 17.2. The molecule has 0 bridgehead atoms. The number of thiophene rings is 3. The van der Waals surface area contributed by atoms with Gasteiger partial charge in [0.1, 0.15) is 4.32 Å². The molecule has 6 heteroatoms. The maximum absolute atomic E-state index is 11.9. The normalized spacial score (nSPS) is 11.6.